The first-order valence-electron chi connectivity index (χ1n) is 7.02. The lowest BCUT2D eigenvalue weighted by Gasteiger charge is -2.26. The van der Waals surface area contributed by atoms with Gasteiger partial charge in [-0.25, -0.2) is 0 Å². The summed E-state index contributed by atoms with van der Waals surface area (Å²) < 4.78 is 0. The summed E-state index contributed by atoms with van der Waals surface area (Å²) in [5, 5.41) is 12.4. The van der Waals surface area contributed by atoms with Gasteiger partial charge in [-0.05, 0) is 58.2 Å². The van der Waals surface area contributed by atoms with Gasteiger partial charge in [-0.3, -0.25) is 0 Å². The Hall–Kier alpha value is -0.590. The van der Waals surface area contributed by atoms with E-state index >= 15 is 0 Å². The molecule has 1 rings (SSSR count). The lowest BCUT2D eigenvalue weighted by atomic mass is 9.92. The van der Waals surface area contributed by atoms with E-state index in [0.29, 0.717) is 0 Å². The summed E-state index contributed by atoms with van der Waals surface area (Å²) in [5.74, 6) is 0.964. The maximum absolute atomic E-state index is 9.23. The third-order valence-corrected chi connectivity index (χ3v) is 4.03. The first-order chi connectivity index (χ1) is 8.19. The minimum atomic E-state index is -0.307. The molecule has 1 fully saturated rings. The molecule has 0 heterocycles. The van der Waals surface area contributed by atoms with Gasteiger partial charge in [0.15, 0.2) is 0 Å². The predicted molar refractivity (Wildman–Crippen MR) is 71.8 cm³/mol. The molecule has 1 aliphatic carbocycles. The zero-order chi connectivity index (χ0) is 12.7. The van der Waals surface area contributed by atoms with Gasteiger partial charge in [0.1, 0.15) is 5.54 Å². The van der Waals surface area contributed by atoms with Crippen LogP contribution >= 0.6 is 0 Å². The average Bonchev–Trinajstić information content (AvgIpc) is 3.18. The van der Waals surface area contributed by atoms with Gasteiger partial charge in [0.2, 0.25) is 0 Å². The van der Waals surface area contributed by atoms with Crippen molar-refractivity contribution in [2.75, 3.05) is 26.7 Å². The molecule has 1 atom stereocenters. The van der Waals surface area contributed by atoms with Crippen molar-refractivity contribution in [3.63, 3.8) is 0 Å². The van der Waals surface area contributed by atoms with Crippen molar-refractivity contribution in [3.05, 3.63) is 0 Å². The molecule has 17 heavy (non-hydrogen) atoms. The van der Waals surface area contributed by atoms with Gasteiger partial charge in [-0.1, -0.05) is 13.8 Å². The highest BCUT2D eigenvalue weighted by atomic mass is 15.1. The van der Waals surface area contributed by atoms with E-state index in [4.69, 9.17) is 0 Å². The topological polar surface area (TPSA) is 39.1 Å². The molecule has 3 nitrogen and oxygen atoms in total. The van der Waals surface area contributed by atoms with Crippen LogP contribution in [-0.2, 0) is 0 Å². The second-order valence-electron chi connectivity index (χ2n) is 5.24. The molecule has 1 N–H and O–H groups in total. The molecule has 0 radical (unpaired) electrons. The maximum Gasteiger partial charge on any atom is 0.106 e. The minimum absolute atomic E-state index is 0.307. The van der Waals surface area contributed by atoms with Gasteiger partial charge in [0.25, 0.3) is 0 Å². The normalized spacial score (nSPS) is 19.0. The number of nitrogens with one attached hydrogen (secondary N) is 1. The third-order valence-electron chi connectivity index (χ3n) is 4.03. The van der Waals surface area contributed by atoms with Crippen LogP contribution < -0.4 is 5.32 Å². The maximum atomic E-state index is 9.23. The molecule has 0 amide bonds. The summed E-state index contributed by atoms with van der Waals surface area (Å²) in [6, 6.07) is 2.43. The summed E-state index contributed by atoms with van der Waals surface area (Å²) in [4.78, 5) is 2.53. The van der Waals surface area contributed by atoms with E-state index in [9.17, 15) is 5.26 Å². The van der Waals surface area contributed by atoms with Crippen molar-refractivity contribution in [1.29, 1.82) is 5.26 Å². The highest BCUT2D eigenvalue weighted by Gasteiger charge is 2.26. The molecule has 98 valence electrons. The van der Waals surface area contributed by atoms with Crippen LogP contribution in [0.3, 0.4) is 0 Å². The Balaban J connectivity index is 2.26. The number of rotatable bonds is 9. The quantitative estimate of drug-likeness (QED) is 0.669. The van der Waals surface area contributed by atoms with Crippen LogP contribution in [-0.4, -0.2) is 37.1 Å². The molecule has 1 aliphatic rings. The molecule has 0 aromatic carbocycles. The van der Waals surface area contributed by atoms with Crippen LogP contribution in [0.1, 0.15) is 46.0 Å². The Morgan fingerprint density at radius 2 is 2.12 bits per heavy atom. The van der Waals surface area contributed by atoms with E-state index in [2.05, 4.69) is 30.1 Å². The van der Waals surface area contributed by atoms with Gasteiger partial charge >= 0.3 is 0 Å². The summed E-state index contributed by atoms with van der Waals surface area (Å²) in [7, 11) is 1.90. The predicted octanol–water partition coefficient (Wildman–Crippen LogP) is 2.39. The van der Waals surface area contributed by atoms with Crippen LogP contribution in [0.2, 0.25) is 0 Å². The fourth-order valence-electron chi connectivity index (χ4n) is 2.32. The van der Waals surface area contributed by atoms with Gasteiger partial charge in [0, 0.05) is 6.54 Å². The molecule has 0 aromatic rings. The molecule has 1 saturated carbocycles. The van der Waals surface area contributed by atoms with Gasteiger partial charge < -0.3 is 10.2 Å². The lowest BCUT2D eigenvalue weighted by molar-refractivity contribution is 0.257. The van der Waals surface area contributed by atoms with E-state index in [0.717, 1.165) is 38.3 Å². The summed E-state index contributed by atoms with van der Waals surface area (Å²) in [6.07, 6.45) is 5.80. The molecule has 3 heteroatoms. The first-order valence-corrected chi connectivity index (χ1v) is 7.02. The summed E-state index contributed by atoms with van der Waals surface area (Å²) >= 11 is 0. The molecule has 0 saturated heterocycles. The van der Waals surface area contributed by atoms with Crippen molar-refractivity contribution in [1.82, 2.24) is 10.2 Å². The Labute approximate surface area is 106 Å². The smallest absolute Gasteiger partial charge is 0.106 e. The summed E-state index contributed by atoms with van der Waals surface area (Å²) in [6.45, 7) is 7.86. The lowest BCUT2D eigenvalue weighted by Crippen LogP contribution is -2.41. The van der Waals surface area contributed by atoms with Crippen molar-refractivity contribution in [2.24, 2.45) is 5.92 Å². The standard InChI is InChI=1S/C14H27N3/c1-4-14(12-15,16-3)9-6-10-17(5-2)11-13-7-8-13/h13,16H,4-11H2,1-3H3. The van der Waals surface area contributed by atoms with Crippen LogP contribution in [0, 0.1) is 17.2 Å². The Bertz CT molecular complexity index is 249. The highest BCUT2D eigenvalue weighted by Crippen LogP contribution is 2.29. The molecule has 0 spiro atoms. The first kappa shape index (κ1) is 14.5. The Morgan fingerprint density at radius 1 is 1.41 bits per heavy atom. The molecule has 1 unspecified atom stereocenters. The Morgan fingerprint density at radius 3 is 2.53 bits per heavy atom. The average molecular weight is 237 g/mol. The fraction of sp³-hybridized carbons (Fsp3) is 0.929. The molecular weight excluding hydrogens is 210 g/mol. The molecule has 0 aromatic heterocycles. The monoisotopic (exact) mass is 237 g/mol. The SMILES string of the molecule is CCN(CCCC(C#N)(CC)NC)CC1CC1. The highest BCUT2D eigenvalue weighted by molar-refractivity contribution is 5.05. The number of hydrogen-bond donors (Lipinski definition) is 1. The zero-order valence-corrected chi connectivity index (χ0v) is 11.6. The summed E-state index contributed by atoms with van der Waals surface area (Å²) in [5.41, 5.74) is -0.307. The van der Waals surface area contributed by atoms with E-state index in [1.807, 2.05) is 7.05 Å². The number of nitrogens with zero attached hydrogens (tertiary/aromatic N) is 2. The minimum Gasteiger partial charge on any atom is -0.303 e. The number of nitriles is 1. The van der Waals surface area contributed by atoms with E-state index in [-0.39, 0.29) is 5.54 Å². The molecule has 0 bridgehead atoms. The fourth-order valence-corrected chi connectivity index (χ4v) is 2.32. The van der Waals surface area contributed by atoms with E-state index in [1.54, 1.807) is 0 Å². The van der Waals surface area contributed by atoms with Crippen LogP contribution in [0.4, 0.5) is 0 Å². The second-order valence-corrected chi connectivity index (χ2v) is 5.24. The number of hydrogen-bond acceptors (Lipinski definition) is 3. The van der Waals surface area contributed by atoms with Gasteiger partial charge in [0.05, 0.1) is 6.07 Å². The third kappa shape index (κ3) is 4.65. The largest absolute Gasteiger partial charge is 0.303 e. The Kier molecular flexibility index (Phi) is 5.94. The van der Waals surface area contributed by atoms with E-state index < -0.39 is 0 Å². The zero-order valence-electron chi connectivity index (χ0n) is 11.6. The van der Waals surface area contributed by atoms with Crippen LogP contribution in [0.25, 0.3) is 0 Å². The van der Waals surface area contributed by atoms with Crippen LogP contribution in [0.5, 0.6) is 0 Å². The molecule has 0 aliphatic heterocycles. The molecular formula is C14H27N3. The van der Waals surface area contributed by atoms with E-state index in [1.165, 1.54) is 19.4 Å². The van der Waals surface area contributed by atoms with Gasteiger partial charge in [-0.15, -0.1) is 0 Å². The van der Waals surface area contributed by atoms with Crippen molar-refractivity contribution in [2.45, 2.75) is 51.5 Å². The second kappa shape index (κ2) is 6.98. The van der Waals surface area contributed by atoms with Crippen molar-refractivity contribution >= 4 is 0 Å². The van der Waals surface area contributed by atoms with Crippen molar-refractivity contribution < 1.29 is 0 Å². The van der Waals surface area contributed by atoms with Crippen molar-refractivity contribution in [3.8, 4) is 6.07 Å². The van der Waals surface area contributed by atoms with Crippen LogP contribution in [0.15, 0.2) is 0 Å². The van der Waals surface area contributed by atoms with Gasteiger partial charge in [-0.2, -0.15) is 5.26 Å².